The molecule has 0 unspecified atom stereocenters. The van der Waals surface area contributed by atoms with Crippen LogP contribution in [0.25, 0.3) is 0 Å². The Bertz CT molecular complexity index is 710. The summed E-state index contributed by atoms with van der Waals surface area (Å²) < 4.78 is 5.12. The summed E-state index contributed by atoms with van der Waals surface area (Å²) in [6.07, 6.45) is 0.250. The fraction of sp³-hybridized carbons (Fsp3) is 0.333. The zero-order valence-electron chi connectivity index (χ0n) is 15.0. The van der Waals surface area contributed by atoms with Crippen LogP contribution in [0.4, 0.5) is 5.69 Å². The molecule has 0 aliphatic carbocycles. The van der Waals surface area contributed by atoms with Gasteiger partial charge < -0.3 is 10.1 Å². The van der Waals surface area contributed by atoms with Crippen LogP contribution in [0.1, 0.15) is 50.2 Å². The lowest BCUT2D eigenvalue weighted by atomic mass is 9.98. The van der Waals surface area contributed by atoms with Gasteiger partial charge in [-0.05, 0) is 29.0 Å². The van der Waals surface area contributed by atoms with Crippen molar-refractivity contribution in [3.05, 3.63) is 65.7 Å². The first-order valence-electron chi connectivity index (χ1n) is 8.56. The van der Waals surface area contributed by atoms with Gasteiger partial charge >= 0.3 is 5.97 Å². The fourth-order valence-corrected chi connectivity index (χ4v) is 2.65. The molecule has 0 saturated heterocycles. The Morgan fingerprint density at radius 1 is 0.960 bits per heavy atom. The fourth-order valence-electron chi connectivity index (χ4n) is 2.65. The molecule has 25 heavy (non-hydrogen) atoms. The topological polar surface area (TPSA) is 55.4 Å². The van der Waals surface area contributed by atoms with Gasteiger partial charge in [-0.25, -0.2) is 0 Å². The van der Waals surface area contributed by atoms with E-state index in [0.717, 1.165) is 16.8 Å². The molecule has 0 aromatic heterocycles. The van der Waals surface area contributed by atoms with Crippen molar-refractivity contribution in [2.75, 3.05) is 11.9 Å². The second-order valence-corrected chi connectivity index (χ2v) is 6.47. The molecule has 4 nitrogen and oxygen atoms in total. The lowest BCUT2D eigenvalue weighted by Crippen LogP contribution is -2.22. The van der Waals surface area contributed by atoms with Crippen LogP contribution in [-0.2, 0) is 14.3 Å². The van der Waals surface area contributed by atoms with E-state index in [4.69, 9.17) is 4.74 Å². The van der Waals surface area contributed by atoms with E-state index in [0.29, 0.717) is 5.92 Å². The van der Waals surface area contributed by atoms with Gasteiger partial charge in [0.2, 0.25) is 0 Å². The summed E-state index contributed by atoms with van der Waals surface area (Å²) in [5.74, 6) is -0.346. The maximum atomic E-state index is 12.1. The maximum Gasteiger partial charge on any atom is 0.306 e. The van der Waals surface area contributed by atoms with Crippen LogP contribution in [0, 0.1) is 0 Å². The molecular weight excluding hydrogens is 314 g/mol. The molecule has 0 spiro atoms. The Morgan fingerprint density at radius 2 is 1.60 bits per heavy atom. The van der Waals surface area contributed by atoms with Gasteiger partial charge in [0, 0.05) is 5.69 Å². The van der Waals surface area contributed by atoms with Gasteiger partial charge in [0.25, 0.3) is 5.91 Å². The number of carbonyl (C=O) groups excluding carboxylic acids is 2. The molecule has 0 radical (unpaired) electrons. The van der Waals surface area contributed by atoms with E-state index in [1.807, 2.05) is 61.5 Å². The molecule has 132 valence electrons. The van der Waals surface area contributed by atoms with Crippen LogP contribution < -0.4 is 5.32 Å². The summed E-state index contributed by atoms with van der Waals surface area (Å²) in [6.45, 7) is 5.83. The van der Waals surface area contributed by atoms with Crippen molar-refractivity contribution >= 4 is 17.6 Å². The van der Waals surface area contributed by atoms with E-state index in [9.17, 15) is 9.59 Å². The first kappa shape index (κ1) is 18.7. The summed E-state index contributed by atoms with van der Waals surface area (Å²) in [5.41, 5.74) is 2.89. The molecule has 0 aliphatic rings. The van der Waals surface area contributed by atoms with Gasteiger partial charge in [-0.1, -0.05) is 69.3 Å². The summed E-state index contributed by atoms with van der Waals surface area (Å²) in [4.78, 5) is 24.0. The van der Waals surface area contributed by atoms with Gasteiger partial charge in [-0.15, -0.1) is 0 Å². The van der Waals surface area contributed by atoms with Crippen molar-refractivity contribution < 1.29 is 14.3 Å². The van der Waals surface area contributed by atoms with E-state index in [1.54, 1.807) is 0 Å². The van der Waals surface area contributed by atoms with E-state index >= 15 is 0 Å². The summed E-state index contributed by atoms with van der Waals surface area (Å²) in [5, 5.41) is 2.82. The molecule has 2 rings (SSSR count). The Labute approximate surface area is 149 Å². The van der Waals surface area contributed by atoms with Crippen molar-refractivity contribution in [2.24, 2.45) is 0 Å². The number of rotatable bonds is 7. The van der Waals surface area contributed by atoms with Crippen LogP contribution >= 0.6 is 0 Å². The van der Waals surface area contributed by atoms with Crippen LogP contribution in [0.5, 0.6) is 0 Å². The molecular formula is C21H25NO3. The maximum absolute atomic E-state index is 12.1. The molecule has 1 atom stereocenters. The monoisotopic (exact) mass is 339 g/mol. The lowest BCUT2D eigenvalue weighted by molar-refractivity contribution is -0.147. The Morgan fingerprint density at radius 3 is 2.28 bits per heavy atom. The highest BCUT2D eigenvalue weighted by molar-refractivity contribution is 5.93. The SMILES string of the molecule is CC(C)c1ccccc1NC(=O)COC(=O)C[C@H](C)c1ccccc1. The molecule has 0 heterocycles. The van der Waals surface area contributed by atoms with Crippen molar-refractivity contribution in [1.82, 2.24) is 0 Å². The normalized spacial score (nSPS) is 11.8. The first-order valence-corrected chi connectivity index (χ1v) is 8.56. The van der Waals surface area contributed by atoms with Gasteiger partial charge in [-0.3, -0.25) is 9.59 Å². The predicted octanol–water partition coefficient (Wildman–Crippen LogP) is 4.49. The van der Waals surface area contributed by atoms with Crippen LogP contribution in [-0.4, -0.2) is 18.5 Å². The van der Waals surface area contributed by atoms with E-state index in [-0.39, 0.29) is 30.8 Å². The van der Waals surface area contributed by atoms with Crippen LogP contribution in [0.15, 0.2) is 54.6 Å². The average molecular weight is 339 g/mol. The average Bonchev–Trinajstić information content (AvgIpc) is 2.61. The minimum absolute atomic E-state index is 0.0541. The third kappa shape index (κ3) is 5.75. The van der Waals surface area contributed by atoms with Gasteiger partial charge in [0.1, 0.15) is 0 Å². The number of para-hydroxylation sites is 1. The Hall–Kier alpha value is -2.62. The smallest absolute Gasteiger partial charge is 0.306 e. The number of anilines is 1. The number of esters is 1. The highest BCUT2D eigenvalue weighted by Crippen LogP contribution is 2.23. The third-order valence-corrected chi connectivity index (χ3v) is 4.06. The summed E-state index contributed by atoms with van der Waals surface area (Å²) in [6, 6.07) is 17.4. The zero-order chi connectivity index (χ0) is 18.2. The number of hydrogen-bond acceptors (Lipinski definition) is 3. The van der Waals surface area contributed by atoms with Gasteiger partial charge in [0.05, 0.1) is 6.42 Å². The minimum Gasteiger partial charge on any atom is -0.456 e. The summed E-state index contributed by atoms with van der Waals surface area (Å²) in [7, 11) is 0. The quantitative estimate of drug-likeness (QED) is 0.756. The van der Waals surface area contributed by atoms with Crippen LogP contribution in [0.2, 0.25) is 0 Å². The molecule has 2 aromatic carbocycles. The minimum atomic E-state index is -0.372. The number of hydrogen-bond donors (Lipinski definition) is 1. The standard InChI is InChI=1S/C21H25NO3/c1-15(2)18-11-7-8-12-19(18)22-20(23)14-25-21(24)13-16(3)17-9-5-4-6-10-17/h4-12,15-16H,13-14H2,1-3H3,(H,22,23)/t16-/m0/s1. The van der Waals surface area contributed by atoms with Gasteiger partial charge in [0.15, 0.2) is 6.61 Å². The van der Waals surface area contributed by atoms with Gasteiger partial charge in [-0.2, -0.15) is 0 Å². The van der Waals surface area contributed by atoms with Crippen LogP contribution in [0.3, 0.4) is 0 Å². The van der Waals surface area contributed by atoms with E-state index in [2.05, 4.69) is 19.2 Å². The number of nitrogens with one attached hydrogen (secondary N) is 1. The number of amides is 1. The second kappa shape index (κ2) is 9.02. The van der Waals surface area contributed by atoms with Crippen molar-refractivity contribution in [3.8, 4) is 0 Å². The molecule has 1 amide bonds. The van der Waals surface area contributed by atoms with E-state index < -0.39 is 0 Å². The Balaban J connectivity index is 1.83. The first-order chi connectivity index (χ1) is 12.0. The molecule has 4 heteroatoms. The number of benzene rings is 2. The molecule has 0 fully saturated rings. The highest BCUT2D eigenvalue weighted by atomic mass is 16.5. The van der Waals surface area contributed by atoms with Crippen molar-refractivity contribution in [2.45, 2.75) is 39.0 Å². The zero-order valence-corrected chi connectivity index (χ0v) is 15.0. The largest absolute Gasteiger partial charge is 0.456 e. The third-order valence-electron chi connectivity index (χ3n) is 4.06. The van der Waals surface area contributed by atoms with Crippen molar-refractivity contribution in [3.63, 3.8) is 0 Å². The van der Waals surface area contributed by atoms with E-state index in [1.165, 1.54) is 0 Å². The summed E-state index contributed by atoms with van der Waals surface area (Å²) >= 11 is 0. The number of ether oxygens (including phenoxy) is 1. The molecule has 0 bridgehead atoms. The Kier molecular flexibility index (Phi) is 6.75. The molecule has 1 N–H and O–H groups in total. The predicted molar refractivity (Wildman–Crippen MR) is 99.6 cm³/mol. The lowest BCUT2D eigenvalue weighted by Gasteiger charge is -2.14. The molecule has 2 aromatic rings. The second-order valence-electron chi connectivity index (χ2n) is 6.47. The number of carbonyl (C=O) groups is 2. The highest BCUT2D eigenvalue weighted by Gasteiger charge is 2.14. The molecule has 0 aliphatic heterocycles. The molecule has 0 saturated carbocycles. The van der Waals surface area contributed by atoms with Crippen molar-refractivity contribution in [1.29, 1.82) is 0 Å².